The molecule has 2 aromatic rings. The molecule has 0 saturated heterocycles. The van der Waals surface area contributed by atoms with Crippen LogP contribution in [-0.4, -0.2) is 5.97 Å². The molecule has 1 fully saturated rings. The van der Waals surface area contributed by atoms with E-state index in [1.54, 1.807) is 6.07 Å². The van der Waals surface area contributed by atoms with Crippen molar-refractivity contribution in [1.29, 1.82) is 0 Å². The first kappa shape index (κ1) is 17.5. The maximum Gasteiger partial charge on any atom is 0.346 e. The Bertz CT molecular complexity index is 781. The van der Waals surface area contributed by atoms with Crippen LogP contribution < -0.4 is 4.74 Å². The molecule has 2 nitrogen and oxygen atoms in total. The van der Waals surface area contributed by atoms with Gasteiger partial charge in [-0.2, -0.15) is 0 Å². The summed E-state index contributed by atoms with van der Waals surface area (Å²) in [6, 6.07) is 7.23. The Morgan fingerprint density at radius 1 is 0.920 bits per heavy atom. The largest absolute Gasteiger partial charge is 0.423 e. The summed E-state index contributed by atoms with van der Waals surface area (Å²) in [4.78, 5) is 12.1. The number of halogens is 3. The molecule has 0 aromatic heterocycles. The average Bonchev–Trinajstić information content (AvgIpc) is 2.58. The Kier molecular flexibility index (Phi) is 5.11. The summed E-state index contributed by atoms with van der Waals surface area (Å²) in [5, 5.41) is 0. The van der Waals surface area contributed by atoms with Crippen LogP contribution in [0, 0.1) is 23.4 Å². The molecule has 5 heteroatoms. The van der Waals surface area contributed by atoms with Gasteiger partial charge in [0.05, 0.1) is 5.56 Å². The molecule has 25 heavy (non-hydrogen) atoms. The van der Waals surface area contributed by atoms with Crippen LogP contribution in [0.15, 0.2) is 36.4 Å². The van der Waals surface area contributed by atoms with Crippen LogP contribution in [0.3, 0.4) is 0 Å². The molecular formula is C20H19F3O2. The number of carbonyl (C=O) groups is 1. The van der Waals surface area contributed by atoms with Gasteiger partial charge >= 0.3 is 5.97 Å². The van der Waals surface area contributed by atoms with Crippen molar-refractivity contribution < 1.29 is 22.7 Å². The van der Waals surface area contributed by atoms with Crippen LogP contribution in [0.4, 0.5) is 13.2 Å². The fourth-order valence-corrected chi connectivity index (χ4v) is 3.25. The lowest BCUT2D eigenvalue weighted by molar-refractivity contribution is 0.0729. The van der Waals surface area contributed by atoms with Gasteiger partial charge in [-0.25, -0.2) is 18.0 Å². The van der Waals surface area contributed by atoms with Crippen molar-refractivity contribution in [3.05, 3.63) is 65.0 Å². The number of hydrogen-bond acceptors (Lipinski definition) is 2. The molecule has 0 radical (unpaired) electrons. The molecule has 0 spiro atoms. The normalized spacial score (nSPS) is 20.3. The Labute approximate surface area is 144 Å². The fourth-order valence-electron chi connectivity index (χ4n) is 3.25. The van der Waals surface area contributed by atoms with E-state index >= 15 is 0 Å². The smallest absolute Gasteiger partial charge is 0.346 e. The minimum absolute atomic E-state index is 0.173. The standard InChI is InChI=1S/C20H19F3O2/c1-12-2-4-13(5-3-12)14-6-8-16(18(22)10-14)20(24)25-15-7-9-17(21)19(23)11-15/h6-13H,2-5H2,1H3. The molecule has 0 heterocycles. The fraction of sp³-hybridized carbons (Fsp3) is 0.350. The van der Waals surface area contributed by atoms with Crippen LogP contribution in [0.25, 0.3) is 0 Å². The van der Waals surface area contributed by atoms with Crippen molar-refractivity contribution in [3.8, 4) is 5.75 Å². The van der Waals surface area contributed by atoms with Crippen molar-refractivity contribution in [2.24, 2.45) is 5.92 Å². The van der Waals surface area contributed by atoms with Gasteiger partial charge in [-0.3, -0.25) is 0 Å². The topological polar surface area (TPSA) is 26.3 Å². The third kappa shape index (κ3) is 4.03. The predicted molar refractivity (Wildman–Crippen MR) is 88.1 cm³/mol. The van der Waals surface area contributed by atoms with Crippen molar-refractivity contribution >= 4 is 5.97 Å². The Morgan fingerprint density at radius 3 is 2.28 bits per heavy atom. The SMILES string of the molecule is CC1CCC(c2ccc(C(=O)Oc3ccc(F)c(F)c3)c(F)c2)CC1. The number of carbonyl (C=O) groups excluding carboxylic acids is 1. The lowest BCUT2D eigenvalue weighted by Gasteiger charge is -2.26. The van der Waals surface area contributed by atoms with E-state index in [-0.39, 0.29) is 11.3 Å². The van der Waals surface area contributed by atoms with E-state index < -0.39 is 23.4 Å². The summed E-state index contributed by atoms with van der Waals surface area (Å²) >= 11 is 0. The van der Waals surface area contributed by atoms with Gasteiger partial charge in [-0.05, 0) is 54.5 Å². The lowest BCUT2D eigenvalue weighted by atomic mass is 9.79. The summed E-state index contributed by atoms with van der Waals surface area (Å²) < 4.78 is 45.3. The highest BCUT2D eigenvalue weighted by atomic mass is 19.2. The van der Waals surface area contributed by atoms with Crippen molar-refractivity contribution in [2.45, 2.75) is 38.5 Å². The van der Waals surface area contributed by atoms with Crippen molar-refractivity contribution in [1.82, 2.24) is 0 Å². The number of rotatable bonds is 3. The highest BCUT2D eigenvalue weighted by Crippen LogP contribution is 2.36. The minimum Gasteiger partial charge on any atom is -0.423 e. The lowest BCUT2D eigenvalue weighted by Crippen LogP contribution is -2.14. The molecular weight excluding hydrogens is 329 g/mol. The van der Waals surface area contributed by atoms with Crippen LogP contribution in [0.5, 0.6) is 5.75 Å². The molecule has 2 aromatic carbocycles. The molecule has 0 bridgehead atoms. The van der Waals surface area contributed by atoms with Gasteiger partial charge in [0.15, 0.2) is 11.6 Å². The van der Waals surface area contributed by atoms with Gasteiger partial charge in [-0.1, -0.05) is 25.8 Å². The number of hydrogen-bond donors (Lipinski definition) is 0. The molecule has 0 unspecified atom stereocenters. The molecule has 1 aliphatic carbocycles. The van der Waals surface area contributed by atoms with E-state index in [9.17, 15) is 18.0 Å². The highest BCUT2D eigenvalue weighted by Gasteiger charge is 2.22. The summed E-state index contributed by atoms with van der Waals surface area (Å²) in [6.07, 6.45) is 4.26. The molecule has 0 amide bonds. The minimum atomic E-state index is -1.13. The maximum atomic E-state index is 14.3. The first-order valence-electron chi connectivity index (χ1n) is 8.40. The molecule has 0 N–H and O–H groups in total. The predicted octanol–water partition coefficient (Wildman–Crippen LogP) is 5.62. The van der Waals surface area contributed by atoms with E-state index in [0.29, 0.717) is 11.8 Å². The van der Waals surface area contributed by atoms with Gasteiger partial charge < -0.3 is 4.74 Å². The molecule has 1 saturated carbocycles. The van der Waals surface area contributed by atoms with E-state index in [4.69, 9.17) is 4.74 Å². The number of ether oxygens (including phenoxy) is 1. The summed E-state index contributed by atoms with van der Waals surface area (Å²) in [7, 11) is 0. The van der Waals surface area contributed by atoms with Gasteiger partial charge in [0, 0.05) is 6.07 Å². The van der Waals surface area contributed by atoms with Gasteiger partial charge in [0.25, 0.3) is 0 Å². The second-order valence-electron chi connectivity index (χ2n) is 6.66. The molecule has 3 rings (SSSR count). The van der Waals surface area contributed by atoms with Crippen LogP contribution >= 0.6 is 0 Å². The number of benzene rings is 2. The molecule has 0 aliphatic heterocycles. The van der Waals surface area contributed by atoms with Gasteiger partial charge in [-0.15, -0.1) is 0 Å². The second-order valence-corrected chi connectivity index (χ2v) is 6.66. The van der Waals surface area contributed by atoms with E-state index in [0.717, 1.165) is 49.4 Å². The maximum absolute atomic E-state index is 14.3. The highest BCUT2D eigenvalue weighted by molar-refractivity contribution is 5.91. The van der Waals surface area contributed by atoms with Gasteiger partial charge in [0.2, 0.25) is 0 Å². The first-order valence-corrected chi connectivity index (χ1v) is 8.40. The zero-order chi connectivity index (χ0) is 18.0. The van der Waals surface area contributed by atoms with Gasteiger partial charge in [0.1, 0.15) is 11.6 Å². The van der Waals surface area contributed by atoms with Crippen LogP contribution in [-0.2, 0) is 0 Å². The van der Waals surface area contributed by atoms with E-state index in [1.807, 2.05) is 0 Å². The monoisotopic (exact) mass is 348 g/mol. The third-order valence-electron chi connectivity index (χ3n) is 4.80. The first-order chi connectivity index (χ1) is 11.9. The summed E-state index contributed by atoms with van der Waals surface area (Å²) in [5.74, 6) is -2.94. The van der Waals surface area contributed by atoms with Crippen molar-refractivity contribution in [3.63, 3.8) is 0 Å². The Hall–Kier alpha value is -2.30. The zero-order valence-electron chi connectivity index (χ0n) is 13.9. The molecule has 1 aliphatic rings. The summed E-state index contributed by atoms with van der Waals surface area (Å²) in [5.41, 5.74) is 0.659. The average molecular weight is 348 g/mol. The Balaban J connectivity index is 1.73. The zero-order valence-corrected chi connectivity index (χ0v) is 13.9. The molecule has 0 atom stereocenters. The van der Waals surface area contributed by atoms with E-state index in [1.165, 1.54) is 12.1 Å². The van der Waals surface area contributed by atoms with E-state index in [2.05, 4.69) is 6.92 Å². The van der Waals surface area contributed by atoms with Crippen molar-refractivity contribution in [2.75, 3.05) is 0 Å². The number of esters is 1. The van der Waals surface area contributed by atoms with Crippen LogP contribution in [0.2, 0.25) is 0 Å². The quantitative estimate of drug-likeness (QED) is 0.532. The second kappa shape index (κ2) is 7.30. The molecule has 132 valence electrons. The Morgan fingerprint density at radius 2 is 1.64 bits per heavy atom. The third-order valence-corrected chi connectivity index (χ3v) is 4.80. The van der Waals surface area contributed by atoms with Crippen LogP contribution in [0.1, 0.15) is 54.4 Å². The summed E-state index contributed by atoms with van der Waals surface area (Å²) in [6.45, 7) is 2.22.